The zero-order chi connectivity index (χ0) is 20.6. The van der Waals surface area contributed by atoms with Crippen LogP contribution in [0.25, 0.3) is 11.1 Å². The van der Waals surface area contributed by atoms with E-state index in [0.717, 1.165) is 24.8 Å². The highest BCUT2D eigenvalue weighted by Gasteiger charge is 2.39. The summed E-state index contributed by atoms with van der Waals surface area (Å²) in [5.41, 5.74) is 5.53. The van der Waals surface area contributed by atoms with Gasteiger partial charge in [-0.05, 0) is 46.7 Å². The normalized spacial score (nSPS) is 16.3. The molecule has 2 N–H and O–H groups in total. The van der Waals surface area contributed by atoms with E-state index in [1.165, 1.54) is 22.3 Å². The first-order chi connectivity index (χ1) is 14.7. The molecular weight excluding hydrogens is 376 g/mol. The van der Waals surface area contributed by atoms with Crippen molar-refractivity contribution in [3.8, 4) is 11.1 Å². The van der Waals surface area contributed by atoms with Crippen molar-refractivity contribution in [3.63, 3.8) is 0 Å². The molecule has 5 nitrogen and oxygen atoms in total. The van der Waals surface area contributed by atoms with Gasteiger partial charge in [0.15, 0.2) is 0 Å². The van der Waals surface area contributed by atoms with Gasteiger partial charge in [-0.25, -0.2) is 4.79 Å². The van der Waals surface area contributed by atoms with Gasteiger partial charge >= 0.3 is 6.09 Å². The average molecular weight is 400 g/mol. The Labute approximate surface area is 175 Å². The van der Waals surface area contributed by atoms with Crippen molar-refractivity contribution in [3.05, 3.63) is 93.9 Å². The second-order valence-electron chi connectivity index (χ2n) is 8.25. The molecule has 1 amide bonds. The predicted molar refractivity (Wildman–Crippen MR) is 116 cm³/mol. The fourth-order valence-corrected chi connectivity index (χ4v) is 4.84. The Balaban J connectivity index is 1.25. The number of benzene rings is 2. The van der Waals surface area contributed by atoms with E-state index in [0.29, 0.717) is 13.2 Å². The van der Waals surface area contributed by atoms with Crippen molar-refractivity contribution in [2.75, 3.05) is 13.2 Å². The number of fused-ring (bicyclic) bond motifs is 3. The average Bonchev–Trinajstić information content (AvgIpc) is 3.05. The summed E-state index contributed by atoms with van der Waals surface area (Å²) in [6.07, 6.45) is 4.28. The molecule has 3 aromatic rings. The number of carbonyl (C=O) groups excluding carboxylic acids is 1. The molecule has 2 aromatic carbocycles. The summed E-state index contributed by atoms with van der Waals surface area (Å²) in [5.74, 6) is 0.0495. The van der Waals surface area contributed by atoms with Gasteiger partial charge in [-0.2, -0.15) is 0 Å². The van der Waals surface area contributed by atoms with Crippen LogP contribution in [-0.4, -0.2) is 24.2 Å². The van der Waals surface area contributed by atoms with Crippen LogP contribution in [-0.2, 0) is 10.2 Å². The van der Waals surface area contributed by atoms with Crippen molar-refractivity contribution in [2.24, 2.45) is 0 Å². The first kappa shape index (κ1) is 18.7. The van der Waals surface area contributed by atoms with Crippen LogP contribution in [0.3, 0.4) is 0 Å². The first-order valence-electron chi connectivity index (χ1n) is 10.4. The Morgan fingerprint density at radius 3 is 2.30 bits per heavy atom. The Morgan fingerprint density at radius 1 is 1.03 bits per heavy atom. The molecule has 2 aliphatic carbocycles. The molecule has 0 radical (unpaired) electrons. The second-order valence-corrected chi connectivity index (χ2v) is 8.25. The zero-order valence-electron chi connectivity index (χ0n) is 16.7. The number of alkyl carbamates (subject to hydrolysis) is 1. The topological polar surface area (TPSA) is 71.2 Å². The van der Waals surface area contributed by atoms with Crippen molar-refractivity contribution in [1.82, 2.24) is 10.3 Å². The molecule has 0 atom stereocenters. The summed E-state index contributed by atoms with van der Waals surface area (Å²) >= 11 is 0. The smallest absolute Gasteiger partial charge is 0.407 e. The fourth-order valence-electron chi connectivity index (χ4n) is 4.84. The van der Waals surface area contributed by atoms with Crippen molar-refractivity contribution in [2.45, 2.75) is 30.6 Å². The Morgan fingerprint density at radius 2 is 1.70 bits per heavy atom. The molecule has 0 spiro atoms. The summed E-state index contributed by atoms with van der Waals surface area (Å²) in [6.45, 7) is 0.783. The summed E-state index contributed by atoms with van der Waals surface area (Å²) < 4.78 is 5.65. The van der Waals surface area contributed by atoms with Crippen LogP contribution in [0.1, 0.15) is 41.9 Å². The number of carbonyl (C=O) groups is 1. The number of ether oxygens (including phenoxy) is 1. The van der Waals surface area contributed by atoms with Crippen LogP contribution < -0.4 is 10.9 Å². The third-order valence-corrected chi connectivity index (χ3v) is 6.61. The minimum atomic E-state index is -0.409. The summed E-state index contributed by atoms with van der Waals surface area (Å²) in [6, 6.07) is 20.2. The molecule has 1 fully saturated rings. The number of aromatic amines is 1. The van der Waals surface area contributed by atoms with Crippen molar-refractivity contribution in [1.29, 1.82) is 0 Å². The maximum atomic E-state index is 12.5. The number of amides is 1. The van der Waals surface area contributed by atoms with E-state index in [-0.39, 0.29) is 16.9 Å². The number of nitrogens with one attached hydrogen (secondary N) is 2. The zero-order valence-corrected chi connectivity index (χ0v) is 16.7. The van der Waals surface area contributed by atoms with Gasteiger partial charge in [-0.3, -0.25) is 4.79 Å². The molecule has 0 saturated heterocycles. The minimum absolute atomic E-state index is 0.0495. The largest absolute Gasteiger partial charge is 0.449 e. The van der Waals surface area contributed by atoms with Gasteiger partial charge in [-0.1, -0.05) is 55.0 Å². The molecule has 1 aromatic heterocycles. The Bertz CT molecular complexity index is 1100. The van der Waals surface area contributed by atoms with Crippen LogP contribution in [0.2, 0.25) is 0 Å². The van der Waals surface area contributed by atoms with Crippen molar-refractivity contribution < 1.29 is 9.53 Å². The van der Waals surface area contributed by atoms with Crippen molar-refractivity contribution >= 4 is 6.09 Å². The lowest BCUT2D eigenvalue weighted by atomic mass is 9.64. The number of rotatable bonds is 5. The molecule has 30 heavy (non-hydrogen) atoms. The SMILES string of the molecule is O=C(NCC1(c2cc[nH]c(=O)c2)CCC1)OCC1c2ccccc2-c2ccccc21. The molecule has 5 heteroatoms. The maximum absolute atomic E-state index is 12.5. The van der Waals surface area contributed by atoms with Gasteiger partial charge in [0.05, 0.1) is 0 Å². The molecule has 0 unspecified atom stereocenters. The first-order valence-corrected chi connectivity index (χ1v) is 10.4. The Kier molecular flexibility index (Phi) is 4.66. The van der Waals surface area contributed by atoms with Gasteiger partial charge in [0.2, 0.25) is 5.56 Å². The number of aromatic nitrogens is 1. The van der Waals surface area contributed by atoms with Crippen LogP contribution >= 0.6 is 0 Å². The third-order valence-electron chi connectivity index (χ3n) is 6.61. The maximum Gasteiger partial charge on any atom is 0.407 e. The Hall–Kier alpha value is -3.34. The van der Waals surface area contributed by atoms with E-state index >= 15 is 0 Å². The second kappa shape index (κ2) is 7.48. The molecular formula is C25H24N2O3. The highest BCUT2D eigenvalue weighted by Crippen LogP contribution is 2.45. The lowest BCUT2D eigenvalue weighted by Crippen LogP contribution is -2.46. The van der Waals surface area contributed by atoms with Gasteiger partial charge in [-0.15, -0.1) is 0 Å². The molecule has 1 heterocycles. The fraction of sp³-hybridized carbons (Fsp3) is 0.280. The lowest BCUT2D eigenvalue weighted by molar-refractivity contribution is 0.135. The molecule has 5 rings (SSSR count). The number of hydrogen-bond donors (Lipinski definition) is 2. The summed E-state index contributed by atoms with van der Waals surface area (Å²) in [7, 11) is 0. The third kappa shape index (κ3) is 3.20. The van der Waals surface area contributed by atoms with Crippen LogP contribution in [0.4, 0.5) is 4.79 Å². The highest BCUT2D eigenvalue weighted by atomic mass is 16.5. The molecule has 2 aliphatic rings. The number of H-pyrrole nitrogens is 1. The van der Waals surface area contributed by atoms with Gasteiger partial charge < -0.3 is 15.0 Å². The van der Waals surface area contributed by atoms with E-state index in [2.05, 4.69) is 34.6 Å². The summed E-state index contributed by atoms with van der Waals surface area (Å²) in [5, 5.41) is 2.94. The molecule has 0 aliphatic heterocycles. The predicted octanol–water partition coefficient (Wildman–Crippen LogP) is 4.34. The monoisotopic (exact) mass is 400 g/mol. The van der Waals surface area contributed by atoms with E-state index in [1.807, 2.05) is 30.3 Å². The van der Waals surface area contributed by atoms with Gasteiger partial charge in [0.1, 0.15) is 6.61 Å². The standard InChI is InChI=1S/C25H24N2O3/c28-23-14-17(10-13-26-23)25(11-5-12-25)16-27-24(29)30-15-22-20-8-3-1-6-18(20)19-7-2-4-9-21(19)22/h1-4,6-10,13-14,22H,5,11-12,15-16H2,(H,26,28)(H,27,29). The number of pyridine rings is 1. The van der Waals surface area contributed by atoms with Crippen LogP contribution in [0, 0.1) is 0 Å². The van der Waals surface area contributed by atoms with Gasteiger partial charge in [0.25, 0.3) is 0 Å². The van der Waals surface area contributed by atoms with Crippen LogP contribution in [0.15, 0.2) is 71.7 Å². The van der Waals surface area contributed by atoms with E-state index in [1.54, 1.807) is 12.3 Å². The highest BCUT2D eigenvalue weighted by molar-refractivity contribution is 5.79. The van der Waals surface area contributed by atoms with Crippen LogP contribution in [0.5, 0.6) is 0 Å². The molecule has 152 valence electrons. The van der Waals surface area contributed by atoms with Gasteiger partial charge in [0, 0.05) is 30.1 Å². The lowest BCUT2D eigenvalue weighted by Gasteiger charge is -2.42. The summed E-state index contributed by atoms with van der Waals surface area (Å²) in [4.78, 5) is 26.9. The van der Waals surface area contributed by atoms with E-state index in [9.17, 15) is 9.59 Å². The van der Waals surface area contributed by atoms with E-state index < -0.39 is 6.09 Å². The quantitative estimate of drug-likeness (QED) is 0.669. The minimum Gasteiger partial charge on any atom is -0.449 e. The van der Waals surface area contributed by atoms with E-state index in [4.69, 9.17) is 4.74 Å². The molecule has 0 bridgehead atoms. The molecule has 1 saturated carbocycles. The number of hydrogen-bond acceptors (Lipinski definition) is 3.